The summed E-state index contributed by atoms with van der Waals surface area (Å²) in [5, 5.41) is 11.6. The summed E-state index contributed by atoms with van der Waals surface area (Å²) in [5.74, 6) is -0.552. The number of carbonyl (C=O) groups is 2. The highest BCUT2D eigenvalue weighted by atomic mass is 79.9. The Balaban J connectivity index is 2.29. The van der Waals surface area contributed by atoms with Crippen LogP contribution in [-0.2, 0) is 9.59 Å². The van der Waals surface area contributed by atoms with E-state index in [1.807, 2.05) is 12.1 Å². The standard InChI is InChI=1S/C14H18BrNO4/c1-14(2,13(18)19)6-7-16-12(17)9-20-11-5-3-4-10(15)8-11/h3-5,8H,6-7,9H2,1-2H3,(H,16,17)(H,18,19). The number of aliphatic carboxylic acids is 1. The van der Waals surface area contributed by atoms with Crippen LogP contribution in [0.5, 0.6) is 5.75 Å². The van der Waals surface area contributed by atoms with Gasteiger partial charge < -0.3 is 15.2 Å². The first-order chi connectivity index (χ1) is 9.31. The highest BCUT2D eigenvalue weighted by Crippen LogP contribution is 2.19. The molecular weight excluding hydrogens is 326 g/mol. The van der Waals surface area contributed by atoms with E-state index in [1.54, 1.807) is 26.0 Å². The molecule has 0 atom stereocenters. The van der Waals surface area contributed by atoms with Crippen LogP contribution >= 0.6 is 15.9 Å². The van der Waals surface area contributed by atoms with Gasteiger partial charge >= 0.3 is 5.97 Å². The van der Waals surface area contributed by atoms with E-state index in [0.717, 1.165) is 4.47 Å². The van der Waals surface area contributed by atoms with Crippen molar-refractivity contribution in [2.24, 2.45) is 5.41 Å². The van der Waals surface area contributed by atoms with Gasteiger partial charge in [0, 0.05) is 11.0 Å². The predicted molar refractivity (Wildman–Crippen MR) is 78.7 cm³/mol. The molecule has 1 aromatic carbocycles. The van der Waals surface area contributed by atoms with Crippen molar-refractivity contribution < 1.29 is 19.4 Å². The van der Waals surface area contributed by atoms with Crippen LogP contribution in [0.3, 0.4) is 0 Å². The lowest BCUT2D eigenvalue weighted by Crippen LogP contribution is -2.34. The van der Waals surface area contributed by atoms with Gasteiger partial charge in [-0.25, -0.2) is 0 Å². The van der Waals surface area contributed by atoms with Crippen molar-refractivity contribution in [3.05, 3.63) is 28.7 Å². The number of amides is 1. The molecule has 6 heteroatoms. The second-order valence-corrected chi connectivity index (χ2v) is 5.95. The SMILES string of the molecule is CC(C)(CCNC(=O)COc1cccc(Br)c1)C(=O)O. The third kappa shape index (κ3) is 5.61. The number of carboxylic acid groups (broad SMARTS) is 1. The van der Waals surface area contributed by atoms with Crippen molar-refractivity contribution in [2.45, 2.75) is 20.3 Å². The number of ether oxygens (including phenoxy) is 1. The van der Waals surface area contributed by atoms with E-state index in [4.69, 9.17) is 9.84 Å². The van der Waals surface area contributed by atoms with Crippen LogP contribution in [0.4, 0.5) is 0 Å². The lowest BCUT2D eigenvalue weighted by Gasteiger charge is -2.18. The molecule has 5 nitrogen and oxygen atoms in total. The maximum Gasteiger partial charge on any atom is 0.309 e. The van der Waals surface area contributed by atoms with Gasteiger partial charge in [-0.2, -0.15) is 0 Å². The maximum atomic E-state index is 11.6. The quantitative estimate of drug-likeness (QED) is 0.797. The van der Waals surface area contributed by atoms with E-state index in [-0.39, 0.29) is 12.5 Å². The second-order valence-electron chi connectivity index (χ2n) is 5.04. The molecule has 0 aliphatic heterocycles. The smallest absolute Gasteiger partial charge is 0.309 e. The Kier molecular flexibility index (Phi) is 6.01. The second kappa shape index (κ2) is 7.28. The predicted octanol–water partition coefficient (Wildman–Crippen LogP) is 2.45. The molecule has 0 radical (unpaired) electrons. The third-order valence-electron chi connectivity index (χ3n) is 2.82. The van der Waals surface area contributed by atoms with E-state index in [0.29, 0.717) is 18.7 Å². The first kappa shape index (κ1) is 16.5. The maximum absolute atomic E-state index is 11.6. The Labute approximate surface area is 126 Å². The normalized spacial score (nSPS) is 10.9. The molecule has 1 aromatic rings. The largest absolute Gasteiger partial charge is 0.484 e. The summed E-state index contributed by atoms with van der Waals surface area (Å²) in [7, 11) is 0. The molecule has 0 unspecified atom stereocenters. The van der Waals surface area contributed by atoms with Crippen molar-refractivity contribution in [3.63, 3.8) is 0 Å². The molecule has 0 aliphatic rings. The summed E-state index contributed by atoms with van der Waals surface area (Å²) < 4.78 is 6.19. The first-order valence-electron chi connectivity index (χ1n) is 6.20. The molecule has 1 rings (SSSR count). The van der Waals surface area contributed by atoms with E-state index in [2.05, 4.69) is 21.2 Å². The average molecular weight is 344 g/mol. The van der Waals surface area contributed by atoms with Crippen LogP contribution in [0, 0.1) is 5.41 Å². The number of rotatable bonds is 7. The van der Waals surface area contributed by atoms with Crippen molar-refractivity contribution in [3.8, 4) is 5.75 Å². The molecule has 0 fully saturated rings. The average Bonchev–Trinajstić information content (AvgIpc) is 2.36. The zero-order chi connectivity index (χ0) is 15.2. The van der Waals surface area contributed by atoms with E-state index in [9.17, 15) is 9.59 Å². The molecule has 0 aromatic heterocycles. The molecule has 0 bridgehead atoms. The Bertz CT molecular complexity index is 488. The fraction of sp³-hybridized carbons (Fsp3) is 0.429. The molecule has 0 saturated heterocycles. The first-order valence-corrected chi connectivity index (χ1v) is 6.99. The summed E-state index contributed by atoms with van der Waals surface area (Å²) in [6.45, 7) is 3.46. The van der Waals surface area contributed by atoms with Gasteiger partial charge in [-0.15, -0.1) is 0 Å². The molecule has 20 heavy (non-hydrogen) atoms. The van der Waals surface area contributed by atoms with Crippen LogP contribution in [0.2, 0.25) is 0 Å². The number of hydrogen-bond acceptors (Lipinski definition) is 3. The van der Waals surface area contributed by atoms with Crippen LogP contribution in [-0.4, -0.2) is 30.1 Å². The van der Waals surface area contributed by atoms with Gasteiger partial charge in [-0.05, 0) is 38.5 Å². The highest BCUT2D eigenvalue weighted by molar-refractivity contribution is 9.10. The van der Waals surface area contributed by atoms with Gasteiger partial charge in [0.15, 0.2) is 6.61 Å². The lowest BCUT2D eigenvalue weighted by molar-refractivity contribution is -0.147. The Morgan fingerprint density at radius 1 is 1.40 bits per heavy atom. The van der Waals surface area contributed by atoms with Crippen LogP contribution < -0.4 is 10.1 Å². The zero-order valence-electron chi connectivity index (χ0n) is 11.5. The fourth-order valence-electron chi connectivity index (χ4n) is 1.38. The molecule has 1 amide bonds. The monoisotopic (exact) mass is 343 g/mol. The minimum atomic E-state index is -0.878. The summed E-state index contributed by atoms with van der Waals surface area (Å²) in [5.41, 5.74) is -0.849. The molecule has 0 heterocycles. The summed E-state index contributed by atoms with van der Waals surface area (Å²) >= 11 is 3.31. The minimum absolute atomic E-state index is 0.0933. The molecule has 110 valence electrons. The Morgan fingerprint density at radius 3 is 2.70 bits per heavy atom. The van der Waals surface area contributed by atoms with Crippen LogP contribution in [0.15, 0.2) is 28.7 Å². The van der Waals surface area contributed by atoms with Crippen LogP contribution in [0.1, 0.15) is 20.3 Å². The van der Waals surface area contributed by atoms with Crippen LogP contribution in [0.25, 0.3) is 0 Å². The number of carbonyl (C=O) groups excluding carboxylic acids is 1. The number of benzene rings is 1. The van der Waals surface area contributed by atoms with Crippen molar-refractivity contribution in [1.82, 2.24) is 5.32 Å². The highest BCUT2D eigenvalue weighted by Gasteiger charge is 2.26. The third-order valence-corrected chi connectivity index (χ3v) is 3.31. The van der Waals surface area contributed by atoms with Gasteiger partial charge in [0.25, 0.3) is 5.91 Å². The number of halogens is 1. The van der Waals surface area contributed by atoms with Gasteiger partial charge in [0.05, 0.1) is 5.41 Å². The van der Waals surface area contributed by atoms with E-state index in [1.165, 1.54) is 0 Å². The van der Waals surface area contributed by atoms with Gasteiger partial charge in [0.1, 0.15) is 5.75 Å². The molecule has 2 N–H and O–H groups in total. The Hall–Kier alpha value is -1.56. The summed E-state index contributed by atoms with van der Waals surface area (Å²) in [4.78, 5) is 22.5. The lowest BCUT2D eigenvalue weighted by atomic mass is 9.90. The topological polar surface area (TPSA) is 75.6 Å². The van der Waals surface area contributed by atoms with Gasteiger partial charge in [-0.1, -0.05) is 22.0 Å². The number of nitrogens with one attached hydrogen (secondary N) is 1. The van der Waals surface area contributed by atoms with Crippen molar-refractivity contribution >= 4 is 27.8 Å². The fourth-order valence-corrected chi connectivity index (χ4v) is 1.76. The zero-order valence-corrected chi connectivity index (χ0v) is 13.1. The molecule has 0 saturated carbocycles. The van der Waals surface area contributed by atoms with Gasteiger partial charge in [-0.3, -0.25) is 9.59 Å². The van der Waals surface area contributed by atoms with Crippen molar-refractivity contribution in [1.29, 1.82) is 0 Å². The number of carboxylic acids is 1. The van der Waals surface area contributed by atoms with Gasteiger partial charge in [0.2, 0.25) is 0 Å². The molecule has 0 aliphatic carbocycles. The van der Waals surface area contributed by atoms with E-state index < -0.39 is 11.4 Å². The summed E-state index contributed by atoms with van der Waals surface area (Å²) in [6.07, 6.45) is 0.366. The minimum Gasteiger partial charge on any atom is -0.484 e. The van der Waals surface area contributed by atoms with Crippen molar-refractivity contribution in [2.75, 3.05) is 13.2 Å². The summed E-state index contributed by atoms with van der Waals surface area (Å²) in [6, 6.07) is 7.19. The number of hydrogen-bond donors (Lipinski definition) is 2. The Morgan fingerprint density at radius 2 is 2.10 bits per heavy atom. The molecule has 0 spiro atoms. The molecular formula is C14H18BrNO4. The van der Waals surface area contributed by atoms with E-state index >= 15 is 0 Å².